The van der Waals surface area contributed by atoms with Crippen LogP contribution in [0.1, 0.15) is 32.0 Å². The number of amides is 2. The molecule has 2 N–H and O–H groups in total. The van der Waals surface area contributed by atoms with Gasteiger partial charge in [-0.3, -0.25) is 9.59 Å². The number of ether oxygens (including phenoxy) is 2. The van der Waals surface area contributed by atoms with Gasteiger partial charge in [-0.05, 0) is 36.2 Å². The monoisotopic (exact) mass is 453 g/mol. The van der Waals surface area contributed by atoms with Gasteiger partial charge in [-0.25, -0.2) is 0 Å². The van der Waals surface area contributed by atoms with Crippen LogP contribution in [-0.2, 0) is 22.6 Å². The van der Waals surface area contributed by atoms with Gasteiger partial charge in [0.05, 0.1) is 13.1 Å². The van der Waals surface area contributed by atoms with Gasteiger partial charge in [-0.1, -0.05) is 26.0 Å². The smallest absolute Gasteiger partial charge is 0.242 e. The SMILES string of the molecule is CC.CC(=O)N(C)CC(=O)N1CCc2c([nH]c3cc(O)ccc23)C1.c1ccc2c(c1)OCO2. The lowest BCUT2D eigenvalue weighted by molar-refractivity contribution is -0.139. The number of carbonyl (C=O) groups is 2. The number of hydrogen-bond donors (Lipinski definition) is 2. The Labute approximate surface area is 193 Å². The maximum absolute atomic E-state index is 12.3. The number of likely N-dealkylation sites (N-methyl/N-ethyl adjacent to an activating group) is 1. The number of nitrogens with zero attached hydrogens (tertiary/aromatic N) is 2. The first-order chi connectivity index (χ1) is 15.9. The minimum atomic E-state index is -0.118. The van der Waals surface area contributed by atoms with E-state index < -0.39 is 0 Å². The van der Waals surface area contributed by atoms with Crippen molar-refractivity contribution in [2.24, 2.45) is 0 Å². The van der Waals surface area contributed by atoms with Crippen LogP contribution in [0.25, 0.3) is 10.9 Å². The van der Waals surface area contributed by atoms with E-state index in [2.05, 4.69) is 4.98 Å². The van der Waals surface area contributed by atoms with E-state index in [1.807, 2.05) is 44.2 Å². The van der Waals surface area contributed by atoms with E-state index in [9.17, 15) is 14.7 Å². The minimum Gasteiger partial charge on any atom is -0.508 e. The predicted octanol–water partition coefficient (Wildman–Crippen LogP) is 3.68. The Morgan fingerprint density at radius 3 is 2.42 bits per heavy atom. The molecule has 0 unspecified atom stereocenters. The molecule has 0 bridgehead atoms. The summed E-state index contributed by atoms with van der Waals surface area (Å²) in [5, 5.41) is 10.7. The fourth-order valence-electron chi connectivity index (χ4n) is 3.71. The maximum Gasteiger partial charge on any atom is 0.242 e. The molecular weight excluding hydrogens is 422 g/mol. The number of aromatic amines is 1. The van der Waals surface area contributed by atoms with Crippen molar-refractivity contribution in [3.63, 3.8) is 0 Å². The van der Waals surface area contributed by atoms with Crippen LogP contribution in [-0.4, -0.2) is 58.6 Å². The van der Waals surface area contributed by atoms with Crippen LogP contribution < -0.4 is 9.47 Å². The molecule has 33 heavy (non-hydrogen) atoms. The highest BCUT2D eigenvalue weighted by molar-refractivity contribution is 5.87. The molecular formula is C25H31N3O5. The van der Waals surface area contributed by atoms with Crippen molar-refractivity contribution in [3.8, 4) is 17.2 Å². The summed E-state index contributed by atoms with van der Waals surface area (Å²) < 4.78 is 10.2. The summed E-state index contributed by atoms with van der Waals surface area (Å²) in [6.07, 6.45) is 0.773. The van der Waals surface area contributed by atoms with Crippen molar-refractivity contribution < 1.29 is 24.2 Å². The zero-order valence-corrected chi connectivity index (χ0v) is 19.6. The summed E-state index contributed by atoms with van der Waals surface area (Å²) in [5.41, 5.74) is 3.10. The lowest BCUT2D eigenvalue weighted by atomic mass is 10.0. The quantitative estimate of drug-likeness (QED) is 0.617. The van der Waals surface area contributed by atoms with Crippen molar-refractivity contribution in [2.45, 2.75) is 33.7 Å². The molecule has 3 heterocycles. The molecule has 0 spiro atoms. The van der Waals surface area contributed by atoms with E-state index >= 15 is 0 Å². The number of hydrogen-bond acceptors (Lipinski definition) is 5. The third kappa shape index (κ3) is 5.58. The summed E-state index contributed by atoms with van der Waals surface area (Å²) >= 11 is 0. The molecule has 0 aliphatic carbocycles. The number of aromatic hydroxyl groups is 1. The summed E-state index contributed by atoms with van der Waals surface area (Å²) in [5.74, 6) is 1.74. The van der Waals surface area contributed by atoms with Crippen LogP contribution in [0.5, 0.6) is 17.2 Å². The molecule has 2 aromatic carbocycles. The van der Waals surface area contributed by atoms with Gasteiger partial charge in [-0.2, -0.15) is 0 Å². The van der Waals surface area contributed by atoms with E-state index in [-0.39, 0.29) is 24.1 Å². The largest absolute Gasteiger partial charge is 0.508 e. The van der Waals surface area contributed by atoms with Gasteiger partial charge in [-0.15, -0.1) is 0 Å². The molecule has 2 aliphatic heterocycles. The topological polar surface area (TPSA) is 95.1 Å². The van der Waals surface area contributed by atoms with Crippen LogP contribution in [0, 0.1) is 0 Å². The van der Waals surface area contributed by atoms with Crippen molar-refractivity contribution in [1.29, 1.82) is 0 Å². The van der Waals surface area contributed by atoms with E-state index in [0.717, 1.165) is 34.5 Å². The van der Waals surface area contributed by atoms with Crippen molar-refractivity contribution >= 4 is 22.7 Å². The van der Waals surface area contributed by atoms with Crippen molar-refractivity contribution in [2.75, 3.05) is 26.9 Å². The Hall–Kier alpha value is -3.68. The second-order valence-corrected chi connectivity index (χ2v) is 7.61. The second-order valence-electron chi connectivity index (χ2n) is 7.61. The first kappa shape index (κ1) is 24.0. The zero-order chi connectivity index (χ0) is 24.0. The molecule has 8 nitrogen and oxygen atoms in total. The Kier molecular flexibility index (Phi) is 7.82. The fourth-order valence-corrected chi connectivity index (χ4v) is 3.71. The van der Waals surface area contributed by atoms with E-state index in [1.54, 1.807) is 24.1 Å². The molecule has 0 fully saturated rings. The molecule has 0 saturated heterocycles. The highest BCUT2D eigenvalue weighted by Crippen LogP contribution is 2.31. The number of benzene rings is 2. The van der Waals surface area contributed by atoms with Crippen LogP contribution in [0.4, 0.5) is 0 Å². The summed E-state index contributed by atoms with van der Waals surface area (Å²) in [6, 6.07) is 12.9. The molecule has 2 aliphatic rings. The van der Waals surface area contributed by atoms with Gasteiger partial charge >= 0.3 is 0 Å². The van der Waals surface area contributed by atoms with Gasteiger partial charge in [0.1, 0.15) is 5.75 Å². The predicted molar refractivity (Wildman–Crippen MR) is 126 cm³/mol. The molecule has 0 saturated carbocycles. The summed E-state index contributed by atoms with van der Waals surface area (Å²) in [4.78, 5) is 30.0. The maximum atomic E-state index is 12.3. The minimum absolute atomic E-state index is 0.0511. The Bertz CT molecular complexity index is 1100. The first-order valence-electron chi connectivity index (χ1n) is 11.1. The number of rotatable bonds is 2. The normalized spacial score (nSPS) is 13.3. The number of aromatic nitrogens is 1. The lowest BCUT2D eigenvalue weighted by Gasteiger charge is -2.28. The summed E-state index contributed by atoms with van der Waals surface area (Å²) in [6.45, 7) is 7.07. The zero-order valence-electron chi connectivity index (χ0n) is 19.6. The van der Waals surface area contributed by atoms with Crippen molar-refractivity contribution in [3.05, 3.63) is 53.7 Å². The number of para-hydroxylation sites is 2. The third-order valence-electron chi connectivity index (χ3n) is 5.50. The average Bonchev–Trinajstić information content (AvgIpc) is 3.44. The van der Waals surface area contributed by atoms with Crippen LogP contribution in [0.2, 0.25) is 0 Å². The number of fused-ring (bicyclic) bond motifs is 4. The lowest BCUT2D eigenvalue weighted by Crippen LogP contribution is -2.42. The first-order valence-corrected chi connectivity index (χ1v) is 11.1. The number of nitrogens with one attached hydrogen (secondary N) is 1. The molecule has 8 heteroatoms. The van der Waals surface area contributed by atoms with Gasteiger partial charge < -0.3 is 29.4 Å². The highest BCUT2D eigenvalue weighted by atomic mass is 16.7. The third-order valence-corrected chi connectivity index (χ3v) is 5.50. The van der Waals surface area contributed by atoms with Crippen LogP contribution in [0.3, 0.4) is 0 Å². The molecule has 0 radical (unpaired) electrons. The number of phenols is 1. The molecule has 1 aromatic heterocycles. The fraction of sp³-hybridized carbons (Fsp3) is 0.360. The molecule has 176 valence electrons. The van der Waals surface area contributed by atoms with Crippen LogP contribution >= 0.6 is 0 Å². The van der Waals surface area contributed by atoms with Gasteiger partial charge in [0, 0.05) is 43.2 Å². The number of carbonyl (C=O) groups excluding carboxylic acids is 2. The Morgan fingerprint density at radius 2 is 1.79 bits per heavy atom. The summed E-state index contributed by atoms with van der Waals surface area (Å²) in [7, 11) is 1.63. The number of H-pyrrole nitrogens is 1. The second kappa shape index (κ2) is 10.8. The molecule has 3 aromatic rings. The van der Waals surface area contributed by atoms with E-state index in [1.165, 1.54) is 17.4 Å². The van der Waals surface area contributed by atoms with Gasteiger partial charge in [0.2, 0.25) is 18.6 Å². The van der Waals surface area contributed by atoms with Gasteiger partial charge in [0.25, 0.3) is 0 Å². The van der Waals surface area contributed by atoms with Crippen LogP contribution in [0.15, 0.2) is 42.5 Å². The van der Waals surface area contributed by atoms with Gasteiger partial charge in [0.15, 0.2) is 11.5 Å². The molecule has 0 atom stereocenters. The highest BCUT2D eigenvalue weighted by Gasteiger charge is 2.25. The molecule has 5 rings (SSSR count). The van der Waals surface area contributed by atoms with E-state index in [0.29, 0.717) is 19.9 Å². The standard InChI is InChI=1S/C16H19N3O3.C7H6O2.C2H6/c1-10(20)18(2)9-16(22)19-6-5-13-12-4-3-11(21)7-14(12)17-15(13)8-19;1-2-4-7-6(3-1)8-5-9-7;1-2/h3-4,7,17,21H,5-6,8-9H2,1-2H3;1-4H,5H2;1-2H3. The number of phenolic OH excluding ortho intramolecular Hbond substituents is 1. The van der Waals surface area contributed by atoms with Crippen molar-refractivity contribution in [1.82, 2.24) is 14.8 Å². The Morgan fingerprint density at radius 1 is 1.12 bits per heavy atom. The van der Waals surface area contributed by atoms with E-state index in [4.69, 9.17) is 9.47 Å². The molecule has 2 amide bonds. The Balaban J connectivity index is 0.000000230. The average molecular weight is 454 g/mol.